The maximum atomic E-state index is 12.5. The summed E-state index contributed by atoms with van der Waals surface area (Å²) in [6.45, 7) is 12.6. The molecule has 3 heteroatoms. The lowest BCUT2D eigenvalue weighted by atomic mass is 9.93. The largest absolute Gasteiger partial charge is 0.339 e. The van der Waals surface area contributed by atoms with Crippen LogP contribution in [0.4, 0.5) is 0 Å². The Bertz CT molecular complexity index is 251. The summed E-state index contributed by atoms with van der Waals surface area (Å²) in [5.74, 6) is 1.49. The Kier molecular flexibility index (Phi) is 5.44. The van der Waals surface area contributed by atoms with Crippen LogP contribution in [0.25, 0.3) is 0 Å². The van der Waals surface area contributed by atoms with Crippen LogP contribution < -0.4 is 5.32 Å². The van der Waals surface area contributed by atoms with E-state index in [0.29, 0.717) is 23.8 Å². The highest BCUT2D eigenvalue weighted by Crippen LogP contribution is 2.18. The molecule has 1 N–H and O–H groups in total. The molecule has 1 amide bonds. The summed E-state index contributed by atoms with van der Waals surface area (Å²) >= 11 is 0. The Morgan fingerprint density at radius 2 is 2.00 bits per heavy atom. The van der Waals surface area contributed by atoms with Gasteiger partial charge in [-0.05, 0) is 45.1 Å². The Balaban J connectivity index is 2.63. The van der Waals surface area contributed by atoms with Crippen LogP contribution in [0.5, 0.6) is 0 Å². The lowest BCUT2D eigenvalue weighted by Crippen LogP contribution is -2.52. The summed E-state index contributed by atoms with van der Waals surface area (Å²) in [4.78, 5) is 14.5. The Morgan fingerprint density at radius 1 is 1.35 bits per heavy atom. The highest BCUT2D eigenvalue weighted by molar-refractivity contribution is 5.82. The molecular formula is C14H28N2O. The summed E-state index contributed by atoms with van der Waals surface area (Å²) in [5, 5.41) is 3.37. The SMILES string of the molecule is CC(C)CN(C(=O)C1CC(C)CCN1)C(C)C. The van der Waals surface area contributed by atoms with Crippen LogP contribution in [0, 0.1) is 11.8 Å². The maximum absolute atomic E-state index is 12.5. The van der Waals surface area contributed by atoms with Crippen molar-refractivity contribution in [2.45, 2.75) is 59.5 Å². The van der Waals surface area contributed by atoms with Crippen molar-refractivity contribution in [1.82, 2.24) is 10.2 Å². The second kappa shape index (κ2) is 6.39. The van der Waals surface area contributed by atoms with E-state index in [-0.39, 0.29) is 6.04 Å². The normalized spacial score (nSPS) is 25.4. The molecule has 1 aliphatic heterocycles. The predicted molar refractivity (Wildman–Crippen MR) is 71.9 cm³/mol. The van der Waals surface area contributed by atoms with Gasteiger partial charge in [0, 0.05) is 12.6 Å². The molecule has 0 aliphatic carbocycles. The summed E-state index contributed by atoms with van der Waals surface area (Å²) < 4.78 is 0. The zero-order chi connectivity index (χ0) is 13.0. The molecule has 3 nitrogen and oxygen atoms in total. The molecule has 2 atom stereocenters. The number of nitrogens with one attached hydrogen (secondary N) is 1. The smallest absolute Gasteiger partial charge is 0.239 e. The van der Waals surface area contributed by atoms with Crippen LogP contribution in [-0.2, 0) is 4.79 Å². The molecule has 1 heterocycles. The van der Waals surface area contributed by atoms with E-state index in [1.807, 2.05) is 4.90 Å². The van der Waals surface area contributed by atoms with Crippen LogP contribution in [0.2, 0.25) is 0 Å². The molecule has 2 unspecified atom stereocenters. The van der Waals surface area contributed by atoms with Gasteiger partial charge in [-0.15, -0.1) is 0 Å². The number of hydrogen-bond acceptors (Lipinski definition) is 2. The van der Waals surface area contributed by atoms with Gasteiger partial charge in [-0.1, -0.05) is 20.8 Å². The molecule has 0 spiro atoms. The molecule has 1 aliphatic rings. The minimum absolute atomic E-state index is 0.0416. The van der Waals surface area contributed by atoms with Crippen LogP contribution in [0.15, 0.2) is 0 Å². The minimum Gasteiger partial charge on any atom is -0.339 e. The molecule has 0 bridgehead atoms. The van der Waals surface area contributed by atoms with E-state index < -0.39 is 0 Å². The van der Waals surface area contributed by atoms with Gasteiger partial charge >= 0.3 is 0 Å². The van der Waals surface area contributed by atoms with E-state index in [4.69, 9.17) is 0 Å². The third kappa shape index (κ3) is 4.30. The first-order chi connectivity index (χ1) is 7.91. The maximum Gasteiger partial charge on any atom is 0.239 e. The molecule has 100 valence electrons. The second-order valence-electron chi connectivity index (χ2n) is 6.11. The van der Waals surface area contributed by atoms with Crippen molar-refractivity contribution in [1.29, 1.82) is 0 Å². The van der Waals surface area contributed by atoms with Gasteiger partial charge in [-0.25, -0.2) is 0 Å². The molecule has 0 saturated carbocycles. The molecule has 0 aromatic rings. The molecule has 0 radical (unpaired) electrons. The van der Waals surface area contributed by atoms with Gasteiger partial charge in [-0.3, -0.25) is 4.79 Å². The fraction of sp³-hybridized carbons (Fsp3) is 0.929. The van der Waals surface area contributed by atoms with Crippen molar-refractivity contribution in [3.8, 4) is 0 Å². The standard InChI is InChI=1S/C14H28N2O/c1-10(2)9-16(11(3)4)14(17)13-8-12(5)6-7-15-13/h10-13,15H,6-9H2,1-5H3. The third-order valence-corrected chi connectivity index (χ3v) is 3.43. The van der Waals surface area contributed by atoms with Crippen molar-refractivity contribution in [2.75, 3.05) is 13.1 Å². The third-order valence-electron chi connectivity index (χ3n) is 3.43. The summed E-state index contributed by atoms with van der Waals surface area (Å²) in [6, 6.07) is 0.337. The number of hydrogen-bond donors (Lipinski definition) is 1. The van der Waals surface area contributed by atoms with Crippen LogP contribution in [0.1, 0.15) is 47.5 Å². The fourth-order valence-electron chi connectivity index (χ4n) is 2.44. The molecule has 0 aromatic carbocycles. The van der Waals surface area contributed by atoms with E-state index in [0.717, 1.165) is 19.5 Å². The Hall–Kier alpha value is -0.570. The quantitative estimate of drug-likeness (QED) is 0.817. The number of carbonyl (C=O) groups excluding carboxylic acids is 1. The van der Waals surface area contributed by atoms with Crippen molar-refractivity contribution < 1.29 is 4.79 Å². The molecule has 0 aromatic heterocycles. The highest BCUT2D eigenvalue weighted by Gasteiger charge is 2.29. The second-order valence-corrected chi connectivity index (χ2v) is 6.11. The predicted octanol–water partition coefficient (Wildman–Crippen LogP) is 2.27. The number of amides is 1. The fourth-order valence-corrected chi connectivity index (χ4v) is 2.44. The zero-order valence-electron chi connectivity index (χ0n) is 12.0. The van der Waals surface area contributed by atoms with Crippen LogP contribution in [-0.4, -0.2) is 36.0 Å². The van der Waals surface area contributed by atoms with Gasteiger partial charge in [0.1, 0.15) is 0 Å². The highest BCUT2D eigenvalue weighted by atomic mass is 16.2. The van der Waals surface area contributed by atoms with Crippen molar-refractivity contribution in [3.63, 3.8) is 0 Å². The molecule has 1 saturated heterocycles. The van der Waals surface area contributed by atoms with Gasteiger partial charge in [0.25, 0.3) is 0 Å². The minimum atomic E-state index is 0.0416. The number of nitrogens with zero attached hydrogens (tertiary/aromatic N) is 1. The zero-order valence-corrected chi connectivity index (χ0v) is 12.0. The first kappa shape index (κ1) is 14.5. The van der Waals surface area contributed by atoms with Gasteiger partial charge in [0.2, 0.25) is 5.91 Å². The number of carbonyl (C=O) groups is 1. The average molecular weight is 240 g/mol. The summed E-state index contributed by atoms with van der Waals surface area (Å²) in [6.07, 6.45) is 2.18. The van der Waals surface area contributed by atoms with E-state index in [1.165, 1.54) is 6.42 Å². The molecule has 17 heavy (non-hydrogen) atoms. The van der Waals surface area contributed by atoms with Crippen molar-refractivity contribution >= 4 is 5.91 Å². The lowest BCUT2D eigenvalue weighted by Gasteiger charge is -2.35. The first-order valence-electron chi connectivity index (χ1n) is 6.95. The summed E-state index contributed by atoms with van der Waals surface area (Å²) in [5.41, 5.74) is 0. The number of piperidine rings is 1. The van der Waals surface area contributed by atoms with Crippen molar-refractivity contribution in [2.24, 2.45) is 11.8 Å². The van der Waals surface area contributed by atoms with Crippen LogP contribution in [0.3, 0.4) is 0 Å². The van der Waals surface area contributed by atoms with E-state index in [2.05, 4.69) is 39.9 Å². The molecular weight excluding hydrogens is 212 g/mol. The Morgan fingerprint density at radius 3 is 2.47 bits per heavy atom. The van der Waals surface area contributed by atoms with E-state index in [9.17, 15) is 4.79 Å². The van der Waals surface area contributed by atoms with Crippen molar-refractivity contribution in [3.05, 3.63) is 0 Å². The monoisotopic (exact) mass is 240 g/mol. The van der Waals surface area contributed by atoms with Crippen LogP contribution >= 0.6 is 0 Å². The van der Waals surface area contributed by atoms with Gasteiger partial charge < -0.3 is 10.2 Å². The van der Waals surface area contributed by atoms with Gasteiger partial charge in [0.05, 0.1) is 6.04 Å². The summed E-state index contributed by atoms with van der Waals surface area (Å²) in [7, 11) is 0. The average Bonchev–Trinajstić information content (AvgIpc) is 2.24. The Labute approximate surface area is 106 Å². The molecule has 1 rings (SSSR count). The topological polar surface area (TPSA) is 32.3 Å². The van der Waals surface area contributed by atoms with E-state index in [1.54, 1.807) is 0 Å². The lowest BCUT2D eigenvalue weighted by molar-refractivity contribution is -0.136. The van der Waals surface area contributed by atoms with Gasteiger partial charge in [0.15, 0.2) is 0 Å². The van der Waals surface area contributed by atoms with Gasteiger partial charge in [-0.2, -0.15) is 0 Å². The number of rotatable bonds is 4. The first-order valence-corrected chi connectivity index (χ1v) is 6.95. The molecule has 1 fully saturated rings. The van der Waals surface area contributed by atoms with E-state index >= 15 is 0 Å².